The van der Waals surface area contributed by atoms with E-state index in [0.717, 1.165) is 44.8 Å². The molecule has 1 unspecified atom stereocenters. The first kappa shape index (κ1) is 20.6. The summed E-state index contributed by atoms with van der Waals surface area (Å²) in [6.45, 7) is 2.86. The van der Waals surface area contributed by atoms with Crippen LogP contribution >= 0.6 is 11.9 Å². The number of rotatable bonds is 7. The number of pyridine rings is 2. The lowest BCUT2D eigenvalue weighted by atomic mass is 9.85. The fraction of sp³-hybridized carbons (Fsp3) is 0.565. The maximum absolute atomic E-state index is 6.45. The van der Waals surface area contributed by atoms with E-state index in [9.17, 15) is 0 Å². The summed E-state index contributed by atoms with van der Waals surface area (Å²) in [7, 11) is 0. The molecule has 0 amide bonds. The zero-order valence-electron chi connectivity index (χ0n) is 17.2. The maximum atomic E-state index is 6.45. The maximum Gasteiger partial charge on any atom is 0.128 e. The summed E-state index contributed by atoms with van der Waals surface area (Å²) in [5.74, 6) is 2.15. The smallest absolute Gasteiger partial charge is 0.128 e. The van der Waals surface area contributed by atoms with Crippen LogP contribution in [0.15, 0.2) is 48.8 Å². The Kier molecular flexibility index (Phi) is 7.41. The van der Waals surface area contributed by atoms with Gasteiger partial charge in [-0.25, -0.2) is 4.98 Å². The summed E-state index contributed by atoms with van der Waals surface area (Å²) in [6.07, 6.45) is 12.0. The van der Waals surface area contributed by atoms with Crippen LogP contribution in [0.2, 0.25) is 0 Å². The molecule has 2 aromatic heterocycles. The number of ether oxygens (including phenoxy) is 1. The summed E-state index contributed by atoms with van der Waals surface area (Å²) in [5.41, 5.74) is 1.24. The number of piperidine rings is 1. The molecule has 2 aliphatic rings. The fourth-order valence-corrected chi connectivity index (χ4v) is 5.27. The van der Waals surface area contributed by atoms with E-state index in [1.165, 1.54) is 18.5 Å². The Labute approximate surface area is 178 Å². The van der Waals surface area contributed by atoms with E-state index < -0.39 is 0 Å². The van der Waals surface area contributed by atoms with Crippen LogP contribution in [-0.2, 0) is 4.74 Å². The molecule has 1 saturated heterocycles. The molecular weight excluding hydrogens is 380 g/mol. The molecule has 29 heavy (non-hydrogen) atoms. The molecule has 1 aliphatic carbocycles. The van der Waals surface area contributed by atoms with Crippen LogP contribution in [0.4, 0.5) is 5.82 Å². The van der Waals surface area contributed by atoms with E-state index >= 15 is 0 Å². The van der Waals surface area contributed by atoms with Gasteiger partial charge >= 0.3 is 0 Å². The minimum absolute atomic E-state index is 0.384. The van der Waals surface area contributed by atoms with E-state index in [2.05, 4.69) is 50.1 Å². The Hall–Kier alpha value is -1.63. The lowest BCUT2D eigenvalue weighted by molar-refractivity contribution is -0.00215. The van der Waals surface area contributed by atoms with Gasteiger partial charge in [-0.3, -0.25) is 9.71 Å². The monoisotopic (exact) mass is 412 g/mol. The second-order valence-electron chi connectivity index (χ2n) is 8.17. The summed E-state index contributed by atoms with van der Waals surface area (Å²) < 4.78 is 10.1. The lowest BCUT2D eigenvalue weighted by Gasteiger charge is -2.40. The molecule has 0 spiro atoms. The molecule has 3 heterocycles. The van der Waals surface area contributed by atoms with Crippen molar-refractivity contribution in [2.45, 2.75) is 50.2 Å². The van der Waals surface area contributed by atoms with Crippen LogP contribution in [-0.4, -0.2) is 48.1 Å². The van der Waals surface area contributed by atoms with Gasteiger partial charge in [0.05, 0.1) is 12.7 Å². The second kappa shape index (κ2) is 10.4. The molecule has 6 heteroatoms. The molecule has 4 rings (SSSR count). The van der Waals surface area contributed by atoms with Gasteiger partial charge in [-0.15, -0.1) is 0 Å². The number of aromatic nitrogens is 2. The Morgan fingerprint density at radius 1 is 1.03 bits per heavy atom. The average Bonchev–Trinajstić information content (AvgIpc) is 2.80. The predicted octanol–water partition coefficient (Wildman–Crippen LogP) is 4.28. The molecule has 1 N–H and O–H groups in total. The molecule has 0 aromatic carbocycles. The average molecular weight is 413 g/mol. The zero-order valence-corrected chi connectivity index (χ0v) is 18.1. The van der Waals surface area contributed by atoms with Gasteiger partial charge in [0.2, 0.25) is 0 Å². The highest BCUT2D eigenvalue weighted by Gasteiger charge is 2.31. The first-order valence-corrected chi connectivity index (χ1v) is 12.0. The van der Waals surface area contributed by atoms with Gasteiger partial charge in [-0.05, 0) is 62.6 Å². The quantitative estimate of drug-likeness (QED) is 0.685. The van der Waals surface area contributed by atoms with Crippen molar-refractivity contribution < 1.29 is 4.74 Å². The van der Waals surface area contributed by atoms with Crippen molar-refractivity contribution in [3.8, 4) is 0 Å². The van der Waals surface area contributed by atoms with Gasteiger partial charge in [0.15, 0.2) is 0 Å². The Morgan fingerprint density at radius 2 is 1.83 bits per heavy atom. The van der Waals surface area contributed by atoms with Crippen molar-refractivity contribution in [1.82, 2.24) is 14.7 Å². The summed E-state index contributed by atoms with van der Waals surface area (Å²) in [6, 6.07) is 12.9. The molecule has 0 bridgehead atoms. The van der Waals surface area contributed by atoms with E-state index in [1.807, 2.05) is 24.5 Å². The third-order valence-electron chi connectivity index (χ3n) is 6.30. The van der Waals surface area contributed by atoms with Crippen molar-refractivity contribution in [1.29, 1.82) is 0 Å². The number of anilines is 1. The second-order valence-corrected chi connectivity index (χ2v) is 8.82. The molecule has 0 radical (unpaired) electrons. The van der Waals surface area contributed by atoms with E-state index in [4.69, 9.17) is 4.74 Å². The molecule has 2 aromatic rings. The van der Waals surface area contributed by atoms with Crippen LogP contribution in [0.3, 0.4) is 0 Å². The van der Waals surface area contributed by atoms with Crippen molar-refractivity contribution in [3.05, 3.63) is 54.5 Å². The zero-order chi connectivity index (χ0) is 19.9. The third kappa shape index (κ3) is 5.50. The number of nitrogens with zero attached hydrogens (tertiary/aromatic N) is 3. The fourth-order valence-electron chi connectivity index (χ4n) is 4.66. The molecule has 2 fully saturated rings. The van der Waals surface area contributed by atoms with Gasteiger partial charge in [0, 0.05) is 49.1 Å². The minimum atomic E-state index is 0.384. The van der Waals surface area contributed by atoms with Crippen molar-refractivity contribution in [2.75, 3.05) is 30.9 Å². The van der Waals surface area contributed by atoms with Crippen LogP contribution in [0.25, 0.3) is 0 Å². The molecule has 1 saturated carbocycles. The van der Waals surface area contributed by atoms with Crippen LogP contribution in [0.1, 0.15) is 43.7 Å². The number of hydrogen-bond donors (Lipinski definition) is 1. The van der Waals surface area contributed by atoms with Crippen LogP contribution in [0, 0.1) is 5.92 Å². The standard InChI is InChI=1S/C23H32N4OS/c1-29-26-22-12-15-27(23-7-3-5-14-25-23)16-19(22)17-28-20-10-8-18(9-11-20)21-6-2-4-13-24-21/h2-7,13-14,18-20,22,26H,8-12,15-17H2,1H3/t18-,19-,20+,22?/m0/s1. The van der Waals surface area contributed by atoms with E-state index in [1.54, 1.807) is 11.9 Å². The topological polar surface area (TPSA) is 50.3 Å². The van der Waals surface area contributed by atoms with Gasteiger partial charge < -0.3 is 9.64 Å². The molecule has 156 valence electrons. The van der Waals surface area contributed by atoms with Gasteiger partial charge in [0.1, 0.15) is 5.82 Å². The van der Waals surface area contributed by atoms with Gasteiger partial charge in [-0.1, -0.05) is 24.1 Å². The molecular formula is C23H32N4OS. The number of hydrogen-bond acceptors (Lipinski definition) is 6. The Morgan fingerprint density at radius 3 is 2.52 bits per heavy atom. The lowest BCUT2D eigenvalue weighted by Crippen LogP contribution is -2.50. The highest BCUT2D eigenvalue weighted by molar-refractivity contribution is 7.96. The Balaban J connectivity index is 1.29. The predicted molar refractivity (Wildman–Crippen MR) is 120 cm³/mol. The highest BCUT2D eigenvalue weighted by Crippen LogP contribution is 2.33. The summed E-state index contributed by atoms with van der Waals surface area (Å²) >= 11 is 1.72. The van der Waals surface area contributed by atoms with Crippen molar-refractivity contribution >= 4 is 17.8 Å². The number of nitrogens with one attached hydrogen (secondary N) is 1. The largest absolute Gasteiger partial charge is 0.378 e. The first-order chi connectivity index (χ1) is 14.3. The highest BCUT2D eigenvalue weighted by atomic mass is 32.2. The van der Waals surface area contributed by atoms with Crippen molar-refractivity contribution in [2.24, 2.45) is 5.92 Å². The molecule has 2 atom stereocenters. The molecule has 1 aliphatic heterocycles. The van der Waals surface area contributed by atoms with Crippen LogP contribution < -0.4 is 9.62 Å². The van der Waals surface area contributed by atoms with E-state index in [-0.39, 0.29) is 0 Å². The van der Waals surface area contributed by atoms with Gasteiger partial charge in [-0.2, -0.15) is 0 Å². The van der Waals surface area contributed by atoms with Crippen LogP contribution in [0.5, 0.6) is 0 Å². The van der Waals surface area contributed by atoms with Crippen molar-refractivity contribution in [3.63, 3.8) is 0 Å². The normalized spacial score (nSPS) is 27.7. The van der Waals surface area contributed by atoms with E-state index in [0.29, 0.717) is 24.0 Å². The third-order valence-corrected chi connectivity index (χ3v) is 6.84. The summed E-state index contributed by atoms with van der Waals surface area (Å²) in [4.78, 5) is 11.5. The van der Waals surface area contributed by atoms with Gasteiger partial charge in [0.25, 0.3) is 0 Å². The molecule has 5 nitrogen and oxygen atoms in total. The SMILES string of the molecule is CSNC1CCN(c2ccccn2)C[C@H]1CO[C@H]1CC[C@@H](c2ccccn2)CC1. The Bertz CT molecular complexity index is 724. The first-order valence-electron chi connectivity index (χ1n) is 10.8. The summed E-state index contributed by atoms with van der Waals surface area (Å²) in [5, 5.41) is 0. The minimum Gasteiger partial charge on any atom is -0.378 e.